The molecule has 0 amide bonds. The topological polar surface area (TPSA) is 24.5 Å². The molecule has 3 rings (SSSR count). The van der Waals surface area contributed by atoms with Crippen molar-refractivity contribution in [3.8, 4) is 5.75 Å². The molecule has 0 bridgehead atoms. The summed E-state index contributed by atoms with van der Waals surface area (Å²) in [6, 6.07) is 4.93. The zero-order chi connectivity index (χ0) is 13.4. The third-order valence-corrected chi connectivity index (χ3v) is 4.68. The summed E-state index contributed by atoms with van der Waals surface area (Å²) >= 11 is 0. The molecule has 1 aromatic carbocycles. The fraction of sp³-hybridized carbons (Fsp3) is 0.625. The average Bonchev–Trinajstić information content (AvgIpc) is 2.80. The molecule has 0 saturated carbocycles. The number of fused-ring (bicyclic) bond motifs is 1. The van der Waals surface area contributed by atoms with Crippen molar-refractivity contribution in [2.45, 2.75) is 32.2 Å². The summed E-state index contributed by atoms with van der Waals surface area (Å²) in [5.74, 6) is 1.68. The van der Waals surface area contributed by atoms with Gasteiger partial charge in [0.05, 0.1) is 7.11 Å². The van der Waals surface area contributed by atoms with E-state index in [-0.39, 0.29) is 0 Å². The molecular formula is C16H24N2O. The van der Waals surface area contributed by atoms with Gasteiger partial charge in [0, 0.05) is 37.8 Å². The number of nitrogens with zero attached hydrogens (tertiary/aromatic N) is 1. The van der Waals surface area contributed by atoms with Crippen LogP contribution in [0.1, 0.15) is 42.0 Å². The molecule has 1 fully saturated rings. The number of ether oxygens (including phenoxy) is 1. The zero-order valence-electron chi connectivity index (χ0n) is 12.2. The highest BCUT2D eigenvalue weighted by Crippen LogP contribution is 2.48. The average molecular weight is 260 g/mol. The highest BCUT2D eigenvalue weighted by atomic mass is 16.5. The Bertz CT molecular complexity index is 466. The molecule has 0 radical (unpaired) electrons. The van der Waals surface area contributed by atoms with Crippen LogP contribution in [0, 0.1) is 6.92 Å². The van der Waals surface area contributed by atoms with Crippen LogP contribution < -0.4 is 10.1 Å². The summed E-state index contributed by atoms with van der Waals surface area (Å²) in [5, 5.41) is 3.44. The first-order chi connectivity index (χ1) is 9.22. The number of methoxy groups -OCH3 is 1. The van der Waals surface area contributed by atoms with E-state index in [1.807, 2.05) is 0 Å². The summed E-state index contributed by atoms with van der Waals surface area (Å²) in [7, 11) is 1.79. The van der Waals surface area contributed by atoms with Crippen molar-refractivity contribution in [3.63, 3.8) is 0 Å². The normalized spacial score (nSPS) is 27.3. The Kier molecular flexibility index (Phi) is 3.50. The lowest BCUT2D eigenvalue weighted by Gasteiger charge is -2.34. The molecule has 2 unspecified atom stereocenters. The summed E-state index contributed by atoms with van der Waals surface area (Å²) in [6.07, 6.45) is 1.23. The highest BCUT2D eigenvalue weighted by Gasteiger charge is 2.36. The van der Waals surface area contributed by atoms with Crippen molar-refractivity contribution in [3.05, 3.63) is 28.8 Å². The SMILES string of the molecule is COc1ccc(C)c2c1C(C)CC2N1CCNCC1. The van der Waals surface area contributed by atoms with E-state index < -0.39 is 0 Å². The Hall–Kier alpha value is -1.06. The van der Waals surface area contributed by atoms with Crippen LogP contribution in [-0.4, -0.2) is 38.2 Å². The van der Waals surface area contributed by atoms with E-state index in [1.165, 1.54) is 23.1 Å². The van der Waals surface area contributed by atoms with E-state index in [0.717, 1.165) is 31.9 Å². The fourth-order valence-corrected chi connectivity index (χ4v) is 3.75. The molecule has 2 aliphatic rings. The highest BCUT2D eigenvalue weighted by molar-refractivity contribution is 5.51. The lowest BCUT2D eigenvalue weighted by molar-refractivity contribution is 0.169. The van der Waals surface area contributed by atoms with Gasteiger partial charge in [0.1, 0.15) is 5.75 Å². The molecule has 1 N–H and O–H groups in total. The Morgan fingerprint density at radius 3 is 2.63 bits per heavy atom. The zero-order valence-corrected chi connectivity index (χ0v) is 12.2. The van der Waals surface area contributed by atoms with Crippen molar-refractivity contribution in [2.75, 3.05) is 33.3 Å². The molecule has 1 aliphatic heterocycles. The second-order valence-corrected chi connectivity index (χ2v) is 5.85. The van der Waals surface area contributed by atoms with Crippen LogP contribution in [0.2, 0.25) is 0 Å². The minimum absolute atomic E-state index is 0.585. The van der Waals surface area contributed by atoms with E-state index in [9.17, 15) is 0 Å². The summed E-state index contributed by atoms with van der Waals surface area (Å²) in [6.45, 7) is 9.13. The van der Waals surface area contributed by atoms with Gasteiger partial charge >= 0.3 is 0 Å². The van der Waals surface area contributed by atoms with Gasteiger partial charge in [-0.3, -0.25) is 4.90 Å². The van der Waals surface area contributed by atoms with Crippen LogP contribution >= 0.6 is 0 Å². The second kappa shape index (κ2) is 5.14. The van der Waals surface area contributed by atoms with Crippen LogP contribution in [0.4, 0.5) is 0 Å². The van der Waals surface area contributed by atoms with Crippen molar-refractivity contribution in [1.82, 2.24) is 10.2 Å². The second-order valence-electron chi connectivity index (χ2n) is 5.85. The van der Waals surface area contributed by atoms with Crippen molar-refractivity contribution in [1.29, 1.82) is 0 Å². The third kappa shape index (κ3) is 2.15. The van der Waals surface area contributed by atoms with E-state index >= 15 is 0 Å². The Morgan fingerprint density at radius 2 is 1.95 bits per heavy atom. The van der Waals surface area contributed by atoms with Gasteiger partial charge < -0.3 is 10.1 Å². The Labute approximate surface area is 115 Å². The number of nitrogens with one attached hydrogen (secondary N) is 1. The Balaban J connectivity index is 2.00. The monoisotopic (exact) mass is 260 g/mol. The molecular weight excluding hydrogens is 236 g/mol. The van der Waals surface area contributed by atoms with E-state index in [4.69, 9.17) is 4.74 Å². The first-order valence-electron chi connectivity index (χ1n) is 7.34. The van der Waals surface area contributed by atoms with Gasteiger partial charge in [0.15, 0.2) is 0 Å². The number of hydrogen-bond donors (Lipinski definition) is 1. The van der Waals surface area contributed by atoms with Crippen molar-refractivity contribution >= 4 is 0 Å². The van der Waals surface area contributed by atoms with Gasteiger partial charge in [-0.25, -0.2) is 0 Å². The predicted octanol–water partition coefficient (Wildman–Crippen LogP) is 2.46. The van der Waals surface area contributed by atoms with E-state index in [0.29, 0.717) is 12.0 Å². The van der Waals surface area contributed by atoms with Gasteiger partial charge in [0.2, 0.25) is 0 Å². The molecule has 3 heteroatoms. The lowest BCUT2D eigenvalue weighted by Crippen LogP contribution is -2.44. The number of hydrogen-bond acceptors (Lipinski definition) is 3. The van der Waals surface area contributed by atoms with Crippen LogP contribution in [0.5, 0.6) is 5.75 Å². The quantitative estimate of drug-likeness (QED) is 0.884. The van der Waals surface area contributed by atoms with Crippen LogP contribution in [0.3, 0.4) is 0 Å². The minimum Gasteiger partial charge on any atom is -0.496 e. The molecule has 104 valence electrons. The standard InChI is InChI=1S/C16H24N2O/c1-11-4-5-14(19-3)16-12(2)10-13(15(11)16)18-8-6-17-7-9-18/h4-5,12-13,17H,6-10H2,1-3H3. The maximum atomic E-state index is 5.59. The summed E-state index contributed by atoms with van der Waals surface area (Å²) in [5.41, 5.74) is 4.41. The molecule has 1 heterocycles. The molecule has 1 aromatic rings. The minimum atomic E-state index is 0.585. The summed E-state index contributed by atoms with van der Waals surface area (Å²) < 4.78 is 5.59. The molecule has 0 aromatic heterocycles. The molecule has 1 saturated heterocycles. The van der Waals surface area contributed by atoms with Crippen LogP contribution in [0.15, 0.2) is 12.1 Å². The smallest absolute Gasteiger partial charge is 0.122 e. The molecule has 0 spiro atoms. The fourth-order valence-electron chi connectivity index (χ4n) is 3.75. The summed E-state index contributed by atoms with van der Waals surface area (Å²) in [4.78, 5) is 2.64. The predicted molar refractivity (Wildman–Crippen MR) is 77.9 cm³/mol. The molecule has 3 nitrogen and oxygen atoms in total. The van der Waals surface area contributed by atoms with Gasteiger partial charge in [-0.15, -0.1) is 0 Å². The van der Waals surface area contributed by atoms with Crippen molar-refractivity contribution < 1.29 is 4.74 Å². The number of aryl methyl sites for hydroxylation is 1. The van der Waals surface area contributed by atoms with Gasteiger partial charge in [0.25, 0.3) is 0 Å². The first kappa shape index (κ1) is 12.9. The molecule has 19 heavy (non-hydrogen) atoms. The van der Waals surface area contributed by atoms with E-state index in [1.54, 1.807) is 7.11 Å². The maximum Gasteiger partial charge on any atom is 0.122 e. The third-order valence-electron chi connectivity index (χ3n) is 4.68. The number of rotatable bonds is 2. The Morgan fingerprint density at radius 1 is 1.21 bits per heavy atom. The van der Waals surface area contributed by atoms with Gasteiger partial charge in [-0.05, 0) is 36.5 Å². The van der Waals surface area contributed by atoms with E-state index in [2.05, 4.69) is 36.2 Å². The molecule has 1 aliphatic carbocycles. The van der Waals surface area contributed by atoms with Crippen LogP contribution in [0.25, 0.3) is 0 Å². The number of benzene rings is 1. The lowest BCUT2D eigenvalue weighted by atomic mass is 9.98. The first-order valence-corrected chi connectivity index (χ1v) is 7.34. The number of piperazine rings is 1. The van der Waals surface area contributed by atoms with Crippen molar-refractivity contribution in [2.24, 2.45) is 0 Å². The van der Waals surface area contributed by atoms with Crippen LogP contribution in [-0.2, 0) is 0 Å². The van der Waals surface area contributed by atoms with Gasteiger partial charge in [-0.1, -0.05) is 13.0 Å². The largest absolute Gasteiger partial charge is 0.496 e. The molecule has 2 atom stereocenters. The van der Waals surface area contributed by atoms with Gasteiger partial charge in [-0.2, -0.15) is 0 Å². The maximum absolute atomic E-state index is 5.59.